The monoisotopic (exact) mass is 250 g/mol. The summed E-state index contributed by atoms with van der Waals surface area (Å²) < 4.78 is 0. The fraction of sp³-hybridized carbons (Fsp3) is 0.385. The second-order valence-electron chi connectivity index (χ2n) is 4.14. The van der Waals surface area contributed by atoms with E-state index >= 15 is 0 Å². The number of nitrogens with zero attached hydrogens (tertiary/aromatic N) is 1. The van der Waals surface area contributed by atoms with Crippen LogP contribution in [0, 0.1) is 6.92 Å². The van der Waals surface area contributed by atoms with Gasteiger partial charge >= 0.3 is 0 Å². The van der Waals surface area contributed by atoms with Gasteiger partial charge in [-0.3, -0.25) is 0 Å². The van der Waals surface area contributed by atoms with E-state index in [0.29, 0.717) is 16.8 Å². The standard InChI is InChI=1S/C13H18N2OS/c1-9(2)11-5-4-10(3)8-12(11)15-13(14)17-7-6-16/h4-6,8-9H,7H2,1-3H3,(H2,14,15). The number of nitrogens with two attached hydrogens (primary N) is 1. The number of carbonyl (C=O) groups excluding carboxylic acids is 1. The predicted octanol–water partition coefficient (Wildman–Crippen LogP) is 3.00. The first-order valence-electron chi connectivity index (χ1n) is 5.55. The summed E-state index contributed by atoms with van der Waals surface area (Å²) in [6.07, 6.45) is 0.826. The summed E-state index contributed by atoms with van der Waals surface area (Å²) in [4.78, 5) is 14.6. The molecule has 0 aliphatic rings. The Bertz CT molecular complexity index is 427. The van der Waals surface area contributed by atoms with E-state index in [1.165, 1.54) is 17.3 Å². The minimum atomic E-state index is 0.345. The third-order valence-corrected chi connectivity index (χ3v) is 3.03. The number of carbonyl (C=O) groups is 1. The van der Waals surface area contributed by atoms with Crippen molar-refractivity contribution in [1.29, 1.82) is 0 Å². The van der Waals surface area contributed by atoms with Crippen molar-refractivity contribution in [2.24, 2.45) is 10.7 Å². The predicted molar refractivity (Wildman–Crippen MR) is 75.1 cm³/mol. The van der Waals surface area contributed by atoms with E-state index in [1.54, 1.807) is 0 Å². The molecule has 0 heterocycles. The molecule has 0 bridgehead atoms. The molecule has 0 amide bonds. The van der Waals surface area contributed by atoms with Crippen LogP contribution in [0.3, 0.4) is 0 Å². The van der Waals surface area contributed by atoms with Gasteiger partial charge in [0, 0.05) is 0 Å². The van der Waals surface area contributed by atoms with E-state index in [9.17, 15) is 4.79 Å². The molecule has 3 nitrogen and oxygen atoms in total. The SMILES string of the molecule is Cc1ccc(C(C)C)c(N=C(N)SCC=O)c1. The van der Waals surface area contributed by atoms with Crippen LogP contribution in [0.5, 0.6) is 0 Å². The van der Waals surface area contributed by atoms with Gasteiger partial charge < -0.3 is 10.5 Å². The molecular weight excluding hydrogens is 232 g/mol. The number of thioether (sulfide) groups is 1. The average Bonchev–Trinajstić information content (AvgIpc) is 2.26. The Morgan fingerprint density at radius 1 is 1.53 bits per heavy atom. The Morgan fingerprint density at radius 3 is 2.82 bits per heavy atom. The molecule has 0 aliphatic heterocycles. The topological polar surface area (TPSA) is 55.4 Å². The number of hydrogen-bond donors (Lipinski definition) is 1. The van der Waals surface area contributed by atoms with Gasteiger partial charge in [-0.1, -0.05) is 37.7 Å². The maximum absolute atomic E-state index is 10.3. The minimum Gasteiger partial charge on any atom is -0.378 e. The zero-order valence-corrected chi connectivity index (χ0v) is 11.3. The molecule has 2 N–H and O–H groups in total. The fourth-order valence-electron chi connectivity index (χ4n) is 1.51. The Labute approximate surface area is 107 Å². The summed E-state index contributed by atoms with van der Waals surface area (Å²) in [6, 6.07) is 6.17. The third-order valence-electron chi connectivity index (χ3n) is 2.34. The van der Waals surface area contributed by atoms with Crippen molar-refractivity contribution in [2.75, 3.05) is 5.75 Å². The molecule has 0 saturated carbocycles. The smallest absolute Gasteiger partial charge is 0.159 e. The Morgan fingerprint density at radius 2 is 2.24 bits per heavy atom. The minimum absolute atomic E-state index is 0.345. The quantitative estimate of drug-likeness (QED) is 0.508. The van der Waals surface area contributed by atoms with Gasteiger partial charge in [0.15, 0.2) is 5.17 Å². The second-order valence-corrected chi connectivity index (χ2v) is 5.18. The van der Waals surface area contributed by atoms with Crippen LogP contribution in [0.4, 0.5) is 5.69 Å². The number of hydrogen-bond acceptors (Lipinski definition) is 3. The Balaban J connectivity index is 3.02. The molecule has 1 rings (SSSR count). The molecule has 0 atom stereocenters. The molecule has 0 aromatic heterocycles. The second kappa shape index (κ2) is 6.45. The van der Waals surface area contributed by atoms with E-state index < -0.39 is 0 Å². The molecule has 4 heteroatoms. The summed E-state index contributed by atoms with van der Waals surface area (Å²) in [5, 5.41) is 0.435. The van der Waals surface area contributed by atoms with Gasteiger partial charge in [-0.25, -0.2) is 4.99 Å². The van der Waals surface area contributed by atoms with Crippen LogP contribution in [-0.2, 0) is 4.79 Å². The molecule has 92 valence electrons. The van der Waals surface area contributed by atoms with Crippen LogP contribution in [-0.4, -0.2) is 17.2 Å². The number of aliphatic imine (C=N–C) groups is 1. The molecule has 0 aliphatic carbocycles. The lowest BCUT2D eigenvalue weighted by Gasteiger charge is -2.10. The Hall–Kier alpha value is -1.29. The number of rotatable bonds is 4. The zero-order valence-electron chi connectivity index (χ0n) is 10.4. The molecule has 0 spiro atoms. The van der Waals surface area contributed by atoms with Gasteiger partial charge in [0.2, 0.25) is 0 Å². The van der Waals surface area contributed by atoms with E-state index in [0.717, 1.165) is 17.5 Å². The Kier molecular flexibility index (Phi) is 5.22. The van der Waals surface area contributed by atoms with Crippen molar-refractivity contribution in [1.82, 2.24) is 0 Å². The summed E-state index contributed by atoms with van der Waals surface area (Å²) in [7, 11) is 0. The normalized spacial score (nSPS) is 11.9. The highest BCUT2D eigenvalue weighted by Gasteiger charge is 2.06. The summed E-state index contributed by atoms with van der Waals surface area (Å²) in [5.74, 6) is 0.747. The van der Waals surface area contributed by atoms with Crippen molar-refractivity contribution >= 4 is 28.9 Å². The van der Waals surface area contributed by atoms with E-state index in [-0.39, 0.29) is 0 Å². The lowest BCUT2D eigenvalue weighted by molar-refractivity contribution is -0.105. The lowest BCUT2D eigenvalue weighted by Crippen LogP contribution is -2.07. The zero-order chi connectivity index (χ0) is 12.8. The number of aryl methyl sites for hydroxylation is 1. The number of benzene rings is 1. The molecular formula is C13H18N2OS. The average molecular weight is 250 g/mol. The molecule has 1 aromatic carbocycles. The summed E-state index contributed by atoms with van der Waals surface area (Å²) >= 11 is 1.26. The van der Waals surface area contributed by atoms with Crippen molar-refractivity contribution in [3.8, 4) is 0 Å². The van der Waals surface area contributed by atoms with Crippen LogP contribution < -0.4 is 5.73 Å². The van der Waals surface area contributed by atoms with Crippen LogP contribution in [0.1, 0.15) is 30.9 Å². The summed E-state index contributed by atoms with van der Waals surface area (Å²) in [5.41, 5.74) is 8.99. The van der Waals surface area contributed by atoms with E-state index in [1.807, 2.05) is 13.0 Å². The number of aldehydes is 1. The number of amidine groups is 1. The highest BCUT2D eigenvalue weighted by Crippen LogP contribution is 2.28. The first kappa shape index (κ1) is 13.8. The van der Waals surface area contributed by atoms with E-state index in [2.05, 4.69) is 31.0 Å². The fourth-order valence-corrected chi connectivity index (χ4v) is 1.91. The first-order valence-corrected chi connectivity index (χ1v) is 6.54. The lowest BCUT2D eigenvalue weighted by atomic mass is 10.00. The first-order chi connectivity index (χ1) is 8.04. The van der Waals surface area contributed by atoms with Crippen LogP contribution >= 0.6 is 11.8 Å². The van der Waals surface area contributed by atoms with Gasteiger partial charge in [0.25, 0.3) is 0 Å². The maximum atomic E-state index is 10.3. The summed E-state index contributed by atoms with van der Waals surface area (Å²) in [6.45, 7) is 6.27. The van der Waals surface area contributed by atoms with Gasteiger partial charge in [0.05, 0.1) is 11.4 Å². The van der Waals surface area contributed by atoms with E-state index in [4.69, 9.17) is 5.73 Å². The van der Waals surface area contributed by atoms with Crippen molar-refractivity contribution < 1.29 is 4.79 Å². The van der Waals surface area contributed by atoms with Crippen molar-refractivity contribution in [3.05, 3.63) is 29.3 Å². The largest absolute Gasteiger partial charge is 0.378 e. The van der Waals surface area contributed by atoms with Crippen molar-refractivity contribution in [3.63, 3.8) is 0 Å². The van der Waals surface area contributed by atoms with Gasteiger partial charge in [0.1, 0.15) is 6.29 Å². The van der Waals surface area contributed by atoms with Crippen molar-refractivity contribution in [2.45, 2.75) is 26.7 Å². The third kappa shape index (κ3) is 4.23. The molecule has 1 aromatic rings. The van der Waals surface area contributed by atoms with Crippen LogP contribution in [0.15, 0.2) is 23.2 Å². The van der Waals surface area contributed by atoms with Crippen LogP contribution in [0.2, 0.25) is 0 Å². The highest BCUT2D eigenvalue weighted by atomic mass is 32.2. The van der Waals surface area contributed by atoms with Crippen LogP contribution in [0.25, 0.3) is 0 Å². The molecule has 17 heavy (non-hydrogen) atoms. The molecule has 0 radical (unpaired) electrons. The molecule has 0 fully saturated rings. The maximum Gasteiger partial charge on any atom is 0.159 e. The van der Waals surface area contributed by atoms with Gasteiger partial charge in [-0.2, -0.15) is 0 Å². The molecule has 0 unspecified atom stereocenters. The highest BCUT2D eigenvalue weighted by molar-refractivity contribution is 8.14. The van der Waals surface area contributed by atoms with Gasteiger partial charge in [-0.15, -0.1) is 0 Å². The van der Waals surface area contributed by atoms with Gasteiger partial charge in [-0.05, 0) is 30.0 Å². The molecule has 0 saturated heterocycles.